The van der Waals surface area contributed by atoms with E-state index in [1.807, 2.05) is 10.8 Å². The van der Waals surface area contributed by atoms with Crippen LogP contribution in [0.3, 0.4) is 0 Å². The molecule has 0 radical (unpaired) electrons. The minimum atomic E-state index is -4.15. The Labute approximate surface area is 122 Å². The highest BCUT2D eigenvalue weighted by Gasteiger charge is 2.48. The lowest BCUT2D eigenvalue weighted by molar-refractivity contribution is -0.199. The fraction of sp³-hybridized carbons (Fsp3) is 0.667. The zero-order valence-corrected chi connectivity index (χ0v) is 12.6. The second-order valence-electron chi connectivity index (χ2n) is 4.92. The zero-order chi connectivity index (χ0) is 14.0. The summed E-state index contributed by atoms with van der Waals surface area (Å²) in [5.74, 6) is 3.77. The van der Waals surface area contributed by atoms with Crippen molar-refractivity contribution in [1.29, 1.82) is 0 Å². The summed E-state index contributed by atoms with van der Waals surface area (Å²) in [7, 11) is 0. The van der Waals surface area contributed by atoms with Gasteiger partial charge in [0.15, 0.2) is 0 Å². The first-order valence-electron chi connectivity index (χ1n) is 6.19. The number of nitrogens with two attached hydrogens (primary N) is 1. The standard InChI is InChI=1S/C12H16BrF3N2S/c13-10-6-19-5-8(10)11(18-17)7-3-1-2-4-9(7)12(14,15)16/h5-7,9,11,18H,1-4,17H2. The van der Waals surface area contributed by atoms with Gasteiger partial charge in [-0.1, -0.05) is 12.8 Å². The Morgan fingerprint density at radius 1 is 1.32 bits per heavy atom. The maximum atomic E-state index is 13.2. The number of alkyl halides is 3. The fourth-order valence-electron chi connectivity index (χ4n) is 2.92. The highest BCUT2D eigenvalue weighted by Crippen LogP contribution is 2.47. The van der Waals surface area contributed by atoms with E-state index in [4.69, 9.17) is 5.84 Å². The van der Waals surface area contributed by atoms with Gasteiger partial charge in [0, 0.05) is 9.85 Å². The van der Waals surface area contributed by atoms with Gasteiger partial charge in [-0.3, -0.25) is 11.3 Å². The van der Waals surface area contributed by atoms with Gasteiger partial charge < -0.3 is 0 Å². The van der Waals surface area contributed by atoms with Gasteiger partial charge in [0.1, 0.15) is 0 Å². The second-order valence-corrected chi connectivity index (χ2v) is 6.51. The predicted molar refractivity (Wildman–Crippen MR) is 73.6 cm³/mol. The molecule has 1 aromatic rings. The summed E-state index contributed by atoms with van der Waals surface area (Å²) < 4.78 is 40.3. The molecule has 1 fully saturated rings. The molecule has 1 aromatic heterocycles. The van der Waals surface area contributed by atoms with Gasteiger partial charge in [-0.25, -0.2) is 0 Å². The van der Waals surface area contributed by atoms with Crippen molar-refractivity contribution in [3.63, 3.8) is 0 Å². The van der Waals surface area contributed by atoms with E-state index in [2.05, 4.69) is 21.4 Å². The van der Waals surface area contributed by atoms with Crippen molar-refractivity contribution in [1.82, 2.24) is 5.43 Å². The molecule has 1 saturated carbocycles. The third kappa shape index (κ3) is 3.32. The van der Waals surface area contributed by atoms with E-state index in [1.165, 1.54) is 11.3 Å². The Hall–Kier alpha value is -0.110. The summed E-state index contributed by atoms with van der Waals surface area (Å²) in [6.45, 7) is 0. The van der Waals surface area contributed by atoms with Gasteiger partial charge in [-0.2, -0.15) is 24.5 Å². The molecule has 2 nitrogen and oxygen atoms in total. The molecule has 3 unspecified atom stereocenters. The number of hydrazine groups is 1. The lowest BCUT2D eigenvalue weighted by Crippen LogP contribution is -2.42. The van der Waals surface area contributed by atoms with Crippen LogP contribution >= 0.6 is 27.3 Å². The molecule has 7 heteroatoms. The number of thiophene rings is 1. The van der Waals surface area contributed by atoms with Gasteiger partial charge in [0.2, 0.25) is 0 Å². The lowest BCUT2D eigenvalue weighted by atomic mass is 9.73. The van der Waals surface area contributed by atoms with Crippen molar-refractivity contribution >= 4 is 27.3 Å². The molecule has 108 valence electrons. The molecule has 2 rings (SSSR count). The molecule has 3 N–H and O–H groups in total. The highest BCUT2D eigenvalue weighted by molar-refractivity contribution is 9.10. The van der Waals surface area contributed by atoms with Crippen LogP contribution < -0.4 is 11.3 Å². The molecule has 19 heavy (non-hydrogen) atoms. The first-order chi connectivity index (χ1) is 8.95. The van der Waals surface area contributed by atoms with Crippen LogP contribution in [0.25, 0.3) is 0 Å². The van der Waals surface area contributed by atoms with Crippen LogP contribution in [-0.2, 0) is 0 Å². The van der Waals surface area contributed by atoms with Gasteiger partial charge >= 0.3 is 6.18 Å². The molecule has 1 heterocycles. The van der Waals surface area contributed by atoms with Crippen LogP contribution in [0.4, 0.5) is 13.2 Å². The normalized spacial score (nSPS) is 26.4. The van der Waals surface area contributed by atoms with Crippen molar-refractivity contribution < 1.29 is 13.2 Å². The van der Waals surface area contributed by atoms with E-state index >= 15 is 0 Å². The van der Waals surface area contributed by atoms with Gasteiger partial charge in [-0.15, -0.1) is 0 Å². The van der Waals surface area contributed by atoms with E-state index in [0.29, 0.717) is 12.8 Å². The summed E-state index contributed by atoms with van der Waals surface area (Å²) in [6.07, 6.45) is -1.92. The molecular formula is C12H16BrF3N2S. The molecule has 0 spiro atoms. The maximum absolute atomic E-state index is 13.2. The summed E-state index contributed by atoms with van der Waals surface area (Å²) in [5, 5.41) is 3.72. The van der Waals surface area contributed by atoms with Crippen LogP contribution in [0, 0.1) is 11.8 Å². The quantitative estimate of drug-likeness (QED) is 0.622. The van der Waals surface area contributed by atoms with Crippen molar-refractivity contribution in [2.24, 2.45) is 17.7 Å². The van der Waals surface area contributed by atoms with Crippen molar-refractivity contribution in [2.75, 3.05) is 0 Å². The minimum absolute atomic E-state index is 0.202. The summed E-state index contributed by atoms with van der Waals surface area (Å²) >= 11 is 4.84. The van der Waals surface area contributed by atoms with Crippen LogP contribution in [0.1, 0.15) is 37.3 Å². The summed E-state index contributed by atoms with van der Waals surface area (Å²) in [6, 6.07) is -0.451. The molecular weight excluding hydrogens is 341 g/mol. The van der Waals surface area contributed by atoms with Gasteiger partial charge in [0.25, 0.3) is 0 Å². The molecule has 0 aliphatic heterocycles. The average Bonchev–Trinajstić information content (AvgIpc) is 2.76. The van der Waals surface area contributed by atoms with E-state index in [0.717, 1.165) is 16.5 Å². The Morgan fingerprint density at radius 2 is 2.00 bits per heavy atom. The van der Waals surface area contributed by atoms with Crippen LogP contribution in [-0.4, -0.2) is 6.18 Å². The Bertz CT molecular complexity index is 421. The van der Waals surface area contributed by atoms with Gasteiger partial charge in [0.05, 0.1) is 12.0 Å². The first kappa shape index (κ1) is 15.3. The smallest absolute Gasteiger partial charge is 0.271 e. The number of nitrogens with one attached hydrogen (secondary N) is 1. The number of halogens is 4. The largest absolute Gasteiger partial charge is 0.392 e. The van der Waals surface area contributed by atoms with Gasteiger partial charge in [-0.05, 0) is 45.6 Å². The Balaban J connectivity index is 2.27. The van der Waals surface area contributed by atoms with E-state index in [-0.39, 0.29) is 6.42 Å². The molecule has 3 atom stereocenters. The molecule has 0 aromatic carbocycles. The van der Waals surface area contributed by atoms with Crippen LogP contribution in [0.2, 0.25) is 0 Å². The summed E-state index contributed by atoms with van der Waals surface area (Å²) in [5.41, 5.74) is 3.42. The first-order valence-corrected chi connectivity index (χ1v) is 7.93. The predicted octanol–water partition coefficient (Wildman–Crippen LogP) is 4.38. The van der Waals surface area contributed by atoms with E-state index in [1.54, 1.807) is 0 Å². The molecule has 0 bridgehead atoms. The highest BCUT2D eigenvalue weighted by atomic mass is 79.9. The topological polar surface area (TPSA) is 38.0 Å². The fourth-order valence-corrected chi connectivity index (χ4v) is 4.50. The third-order valence-electron chi connectivity index (χ3n) is 3.82. The minimum Gasteiger partial charge on any atom is -0.271 e. The summed E-state index contributed by atoms with van der Waals surface area (Å²) in [4.78, 5) is 0. The molecule has 1 aliphatic rings. The van der Waals surface area contributed by atoms with E-state index < -0.39 is 24.1 Å². The number of hydrogen-bond donors (Lipinski definition) is 2. The molecule has 1 aliphatic carbocycles. The van der Waals surface area contributed by atoms with Crippen molar-refractivity contribution in [2.45, 2.75) is 37.9 Å². The van der Waals surface area contributed by atoms with Crippen LogP contribution in [0.15, 0.2) is 15.2 Å². The van der Waals surface area contributed by atoms with Crippen molar-refractivity contribution in [3.8, 4) is 0 Å². The maximum Gasteiger partial charge on any atom is 0.392 e. The average molecular weight is 357 g/mol. The number of hydrogen-bond acceptors (Lipinski definition) is 3. The van der Waals surface area contributed by atoms with Crippen LogP contribution in [0.5, 0.6) is 0 Å². The zero-order valence-electron chi connectivity index (χ0n) is 10.2. The molecule has 0 saturated heterocycles. The lowest BCUT2D eigenvalue weighted by Gasteiger charge is -2.37. The second kappa shape index (κ2) is 6.11. The third-order valence-corrected chi connectivity index (χ3v) is 5.58. The van der Waals surface area contributed by atoms with E-state index in [9.17, 15) is 13.2 Å². The Kier molecular flexibility index (Phi) is 4.92. The SMILES string of the molecule is NNC(c1cscc1Br)C1CCCCC1C(F)(F)F. The monoisotopic (exact) mass is 356 g/mol. The molecule has 0 amide bonds. The van der Waals surface area contributed by atoms with Crippen molar-refractivity contribution in [3.05, 3.63) is 20.8 Å². The number of rotatable bonds is 3. The Morgan fingerprint density at radius 3 is 2.53 bits per heavy atom.